The van der Waals surface area contributed by atoms with E-state index in [0.29, 0.717) is 11.7 Å². The maximum atomic E-state index is 12.6. The molecular formula is C18H23N5O2. The van der Waals surface area contributed by atoms with Crippen LogP contribution in [0.25, 0.3) is 0 Å². The highest BCUT2D eigenvalue weighted by atomic mass is 16.5. The maximum absolute atomic E-state index is 12.6. The normalized spacial score (nSPS) is 24.6. The van der Waals surface area contributed by atoms with Crippen LogP contribution < -0.4 is 0 Å². The number of hydrogen-bond donors (Lipinski definition) is 1. The number of ether oxygens (including phenoxy) is 1. The van der Waals surface area contributed by atoms with Crippen LogP contribution in [0.1, 0.15) is 28.9 Å². The van der Waals surface area contributed by atoms with E-state index in [2.05, 4.69) is 32.0 Å². The van der Waals surface area contributed by atoms with Gasteiger partial charge in [0.2, 0.25) is 0 Å². The number of aromatic amines is 1. The first-order valence-electron chi connectivity index (χ1n) is 8.83. The van der Waals surface area contributed by atoms with Crippen LogP contribution in [0.15, 0.2) is 37.1 Å². The Morgan fingerprint density at radius 1 is 1.20 bits per heavy atom. The molecule has 7 nitrogen and oxygen atoms in total. The Labute approximate surface area is 147 Å². The van der Waals surface area contributed by atoms with Gasteiger partial charge in [-0.1, -0.05) is 0 Å². The summed E-state index contributed by atoms with van der Waals surface area (Å²) in [7, 11) is 0. The summed E-state index contributed by atoms with van der Waals surface area (Å²) in [5.41, 5.74) is 1.82. The Bertz CT molecular complexity index is 691. The monoisotopic (exact) mass is 341 g/mol. The van der Waals surface area contributed by atoms with Gasteiger partial charge in [0, 0.05) is 44.6 Å². The third-order valence-electron chi connectivity index (χ3n) is 5.14. The molecule has 4 rings (SSSR count). The van der Waals surface area contributed by atoms with Gasteiger partial charge in [-0.15, -0.1) is 0 Å². The number of likely N-dealkylation sites (tertiary alicyclic amines) is 1. The number of hydrogen-bond acceptors (Lipinski definition) is 5. The molecule has 0 saturated carbocycles. The third-order valence-corrected chi connectivity index (χ3v) is 5.14. The molecule has 132 valence electrons. The first kappa shape index (κ1) is 16.2. The lowest BCUT2D eigenvalue weighted by Gasteiger charge is -2.40. The van der Waals surface area contributed by atoms with Gasteiger partial charge in [-0.25, -0.2) is 4.98 Å². The SMILES string of the molecule is O=C(c1cnc[nH]1)N1CC[C@@H]2[C@@H](CC1)OCCN2Cc1ccncc1. The zero-order valence-corrected chi connectivity index (χ0v) is 14.2. The summed E-state index contributed by atoms with van der Waals surface area (Å²) < 4.78 is 6.04. The van der Waals surface area contributed by atoms with Crippen LogP contribution in [-0.2, 0) is 11.3 Å². The standard InChI is InChI=1S/C18H23N5O2/c24-18(15-11-20-13-21-15)22-7-3-16-17(4-8-22)25-10-9-23(16)12-14-1-5-19-6-2-14/h1-2,5-6,11,13,16-17H,3-4,7-10,12H2,(H,20,21)/t16-,17-/m1/s1. The van der Waals surface area contributed by atoms with Crippen molar-refractivity contribution >= 4 is 5.91 Å². The number of amides is 1. The van der Waals surface area contributed by atoms with E-state index in [0.717, 1.165) is 45.6 Å². The van der Waals surface area contributed by atoms with Crippen molar-refractivity contribution < 1.29 is 9.53 Å². The van der Waals surface area contributed by atoms with Gasteiger partial charge in [0.25, 0.3) is 5.91 Å². The van der Waals surface area contributed by atoms with Crippen LogP contribution in [0.2, 0.25) is 0 Å². The second kappa shape index (κ2) is 7.33. The van der Waals surface area contributed by atoms with Crippen molar-refractivity contribution in [3.63, 3.8) is 0 Å². The fraction of sp³-hybridized carbons (Fsp3) is 0.500. The Hall–Kier alpha value is -2.25. The fourth-order valence-corrected chi connectivity index (χ4v) is 3.83. The summed E-state index contributed by atoms with van der Waals surface area (Å²) in [6.07, 6.45) is 8.80. The van der Waals surface area contributed by atoms with Gasteiger partial charge in [0.1, 0.15) is 5.69 Å². The molecule has 7 heteroatoms. The molecule has 2 aliphatic heterocycles. The molecular weight excluding hydrogens is 318 g/mol. The van der Waals surface area contributed by atoms with Crippen molar-refractivity contribution in [2.24, 2.45) is 0 Å². The van der Waals surface area contributed by atoms with Crippen LogP contribution >= 0.6 is 0 Å². The minimum atomic E-state index is 0.0248. The van der Waals surface area contributed by atoms with Crippen LogP contribution in [0.4, 0.5) is 0 Å². The van der Waals surface area contributed by atoms with Crippen molar-refractivity contribution in [1.82, 2.24) is 24.8 Å². The van der Waals surface area contributed by atoms with E-state index in [1.807, 2.05) is 17.3 Å². The number of H-pyrrole nitrogens is 1. The predicted molar refractivity (Wildman–Crippen MR) is 91.9 cm³/mol. The Morgan fingerprint density at radius 2 is 2.04 bits per heavy atom. The molecule has 25 heavy (non-hydrogen) atoms. The van der Waals surface area contributed by atoms with Crippen molar-refractivity contribution in [2.45, 2.75) is 31.5 Å². The van der Waals surface area contributed by atoms with E-state index >= 15 is 0 Å². The molecule has 2 atom stereocenters. The Kier molecular flexibility index (Phi) is 4.76. The van der Waals surface area contributed by atoms with E-state index in [1.54, 1.807) is 12.5 Å². The van der Waals surface area contributed by atoms with E-state index in [4.69, 9.17) is 4.74 Å². The molecule has 2 fully saturated rings. The van der Waals surface area contributed by atoms with Crippen molar-refractivity contribution in [3.8, 4) is 0 Å². The summed E-state index contributed by atoms with van der Waals surface area (Å²) >= 11 is 0. The summed E-state index contributed by atoms with van der Waals surface area (Å²) in [5, 5.41) is 0. The minimum absolute atomic E-state index is 0.0248. The molecule has 0 spiro atoms. The zero-order chi connectivity index (χ0) is 17.1. The number of rotatable bonds is 3. The van der Waals surface area contributed by atoms with E-state index in [9.17, 15) is 4.79 Å². The van der Waals surface area contributed by atoms with E-state index in [1.165, 1.54) is 5.56 Å². The summed E-state index contributed by atoms with van der Waals surface area (Å²) in [4.78, 5) is 27.9. The number of pyridine rings is 1. The number of nitrogens with one attached hydrogen (secondary N) is 1. The first-order chi connectivity index (χ1) is 12.3. The van der Waals surface area contributed by atoms with Crippen molar-refractivity contribution in [1.29, 1.82) is 0 Å². The largest absolute Gasteiger partial charge is 0.375 e. The second-order valence-corrected chi connectivity index (χ2v) is 6.64. The summed E-state index contributed by atoms with van der Waals surface area (Å²) in [5.74, 6) is 0.0248. The number of fused-ring (bicyclic) bond motifs is 1. The van der Waals surface area contributed by atoms with E-state index in [-0.39, 0.29) is 12.0 Å². The van der Waals surface area contributed by atoms with Crippen LogP contribution in [-0.4, -0.2) is 69.0 Å². The van der Waals surface area contributed by atoms with E-state index < -0.39 is 0 Å². The van der Waals surface area contributed by atoms with Gasteiger partial charge in [0.15, 0.2) is 0 Å². The Balaban J connectivity index is 1.44. The topological polar surface area (TPSA) is 74.3 Å². The van der Waals surface area contributed by atoms with Gasteiger partial charge in [-0.3, -0.25) is 14.7 Å². The number of nitrogens with zero attached hydrogens (tertiary/aromatic N) is 4. The first-order valence-corrected chi connectivity index (χ1v) is 8.83. The van der Waals surface area contributed by atoms with Crippen LogP contribution in [0.3, 0.4) is 0 Å². The number of imidazole rings is 1. The Morgan fingerprint density at radius 3 is 2.84 bits per heavy atom. The molecule has 0 radical (unpaired) electrons. The number of morpholine rings is 1. The average Bonchev–Trinajstić information content (AvgIpc) is 3.09. The number of aromatic nitrogens is 3. The highest BCUT2D eigenvalue weighted by molar-refractivity contribution is 5.92. The second-order valence-electron chi connectivity index (χ2n) is 6.64. The maximum Gasteiger partial charge on any atom is 0.271 e. The highest BCUT2D eigenvalue weighted by Gasteiger charge is 2.35. The minimum Gasteiger partial charge on any atom is -0.375 e. The molecule has 0 aromatic carbocycles. The third kappa shape index (κ3) is 3.57. The lowest BCUT2D eigenvalue weighted by Crippen LogP contribution is -2.50. The van der Waals surface area contributed by atoms with Crippen molar-refractivity contribution in [2.75, 3.05) is 26.2 Å². The quantitative estimate of drug-likeness (QED) is 0.911. The van der Waals surface area contributed by atoms with Gasteiger partial charge < -0.3 is 14.6 Å². The lowest BCUT2D eigenvalue weighted by atomic mass is 10.0. The van der Waals surface area contributed by atoms with Gasteiger partial charge in [-0.2, -0.15) is 0 Å². The highest BCUT2D eigenvalue weighted by Crippen LogP contribution is 2.25. The molecule has 0 aliphatic carbocycles. The lowest BCUT2D eigenvalue weighted by molar-refractivity contribution is -0.0746. The van der Waals surface area contributed by atoms with Gasteiger partial charge >= 0.3 is 0 Å². The molecule has 1 amide bonds. The molecule has 2 aliphatic rings. The molecule has 1 N–H and O–H groups in total. The smallest absolute Gasteiger partial charge is 0.271 e. The zero-order valence-electron chi connectivity index (χ0n) is 14.2. The molecule has 2 saturated heterocycles. The van der Waals surface area contributed by atoms with Crippen LogP contribution in [0, 0.1) is 0 Å². The molecule has 2 aromatic heterocycles. The number of carbonyl (C=O) groups excluding carboxylic acids is 1. The van der Waals surface area contributed by atoms with Crippen LogP contribution in [0.5, 0.6) is 0 Å². The molecule has 0 bridgehead atoms. The predicted octanol–water partition coefficient (Wildman–Crippen LogP) is 1.31. The summed E-state index contributed by atoms with van der Waals surface area (Å²) in [6, 6.07) is 4.48. The number of carbonyl (C=O) groups is 1. The van der Waals surface area contributed by atoms with Crippen molar-refractivity contribution in [3.05, 3.63) is 48.3 Å². The fourth-order valence-electron chi connectivity index (χ4n) is 3.83. The summed E-state index contributed by atoms with van der Waals surface area (Å²) in [6.45, 7) is 4.05. The van der Waals surface area contributed by atoms with Gasteiger partial charge in [-0.05, 0) is 30.5 Å². The average molecular weight is 341 g/mol. The van der Waals surface area contributed by atoms with Gasteiger partial charge in [0.05, 0.1) is 25.2 Å². The molecule has 0 unspecified atom stereocenters. The molecule has 2 aromatic rings. The molecule has 4 heterocycles.